The van der Waals surface area contributed by atoms with Gasteiger partial charge in [0.1, 0.15) is 5.75 Å². The van der Waals surface area contributed by atoms with Gasteiger partial charge in [0.25, 0.3) is 0 Å². The third kappa shape index (κ3) is 2.67. The van der Waals surface area contributed by atoms with Gasteiger partial charge in [-0.25, -0.2) is 0 Å². The van der Waals surface area contributed by atoms with Gasteiger partial charge in [0.15, 0.2) is 0 Å². The number of benzene rings is 1. The Hall–Kier alpha value is -1.22. The van der Waals surface area contributed by atoms with E-state index in [0.29, 0.717) is 5.75 Å². The Morgan fingerprint density at radius 3 is 2.38 bits per heavy atom. The first-order valence-corrected chi connectivity index (χ1v) is 5.89. The van der Waals surface area contributed by atoms with Crippen molar-refractivity contribution in [3.8, 4) is 5.75 Å². The van der Waals surface area contributed by atoms with E-state index < -0.39 is 0 Å². The Kier molecular flexibility index (Phi) is 4.62. The molecule has 0 saturated carbocycles. The summed E-state index contributed by atoms with van der Waals surface area (Å²) >= 11 is 0. The van der Waals surface area contributed by atoms with E-state index in [1.54, 1.807) is 0 Å². The molecule has 1 rings (SSSR count). The van der Waals surface area contributed by atoms with Crippen LogP contribution in [0, 0.1) is 0 Å². The van der Waals surface area contributed by atoms with Crippen LogP contribution in [0.4, 0.5) is 5.69 Å². The maximum atomic E-state index is 9.97. The summed E-state index contributed by atoms with van der Waals surface area (Å²) < 4.78 is 0. The van der Waals surface area contributed by atoms with Crippen molar-refractivity contribution in [1.82, 2.24) is 5.32 Å². The smallest absolute Gasteiger partial charge is 0.122 e. The molecule has 0 aliphatic heterocycles. The first-order chi connectivity index (χ1) is 7.63. The Morgan fingerprint density at radius 2 is 1.94 bits per heavy atom. The van der Waals surface area contributed by atoms with Crippen LogP contribution in [-0.2, 0) is 0 Å². The number of rotatable bonds is 5. The number of anilines is 1. The molecule has 3 nitrogen and oxygen atoms in total. The molecule has 3 heteroatoms. The van der Waals surface area contributed by atoms with E-state index in [9.17, 15) is 5.11 Å². The van der Waals surface area contributed by atoms with Crippen LogP contribution >= 0.6 is 0 Å². The zero-order valence-corrected chi connectivity index (χ0v) is 10.6. The highest BCUT2D eigenvalue weighted by atomic mass is 16.3. The van der Waals surface area contributed by atoms with Crippen LogP contribution in [-0.4, -0.2) is 25.2 Å². The monoisotopic (exact) mass is 222 g/mol. The lowest BCUT2D eigenvalue weighted by atomic mass is 10.1. The molecular formula is C13H22N2O. The van der Waals surface area contributed by atoms with Gasteiger partial charge in [0, 0.05) is 36.4 Å². The van der Waals surface area contributed by atoms with E-state index in [2.05, 4.69) is 30.1 Å². The molecule has 16 heavy (non-hydrogen) atoms. The third-order valence-electron chi connectivity index (χ3n) is 3.04. The van der Waals surface area contributed by atoms with E-state index in [1.807, 2.05) is 26.1 Å². The van der Waals surface area contributed by atoms with E-state index in [-0.39, 0.29) is 6.04 Å². The van der Waals surface area contributed by atoms with Gasteiger partial charge in [0.05, 0.1) is 0 Å². The molecule has 0 radical (unpaired) electrons. The average Bonchev–Trinajstić information content (AvgIpc) is 2.30. The van der Waals surface area contributed by atoms with E-state index in [4.69, 9.17) is 0 Å². The molecule has 0 fully saturated rings. The van der Waals surface area contributed by atoms with Gasteiger partial charge in [-0.15, -0.1) is 0 Å². The van der Waals surface area contributed by atoms with Gasteiger partial charge < -0.3 is 15.3 Å². The number of nitrogens with zero attached hydrogens (tertiary/aromatic N) is 1. The summed E-state index contributed by atoms with van der Waals surface area (Å²) in [6.45, 7) is 8.18. The fraction of sp³-hybridized carbons (Fsp3) is 0.538. The van der Waals surface area contributed by atoms with Crippen LogP contribution in [0.25, 0.3) is 0 Å². The van der Waals surface area contributed by atoms with Crippen molar-refractivity contribution in [2.75, 3.05) is 25.0 Å². The third-order valence-corrected chi connectivity index (χ3v) is 3.04. The Morgan fingerprint density at radius 1 is 1.31 bits per heavy atom. The van der Waals surface area contributed by atoms with Crippen molar-refractivity contribution in [3.05, 3.63) is 23.8 Å². The molecule has 1 unspecified atom stereocenters. The Bertz CT molecular complexity index is 335. The molecule has 0 saturated heterocycles. The Balaban J connectivity index is 2.98. The maximum absolute atomic E-state index is 9.97. The van der Waals surface area contributed by atoms with Crippen LogP contribution in [0.15, 0.2) is 18.2 Å². The number of hydrogen-bond acceptors (Lipinski definition) is 3. The standard InChI is InChI=1S/C13H22N2O/c1-5-15(6-2)11-7-8-12(10(3)14-4)13(16)9-11/h7-10,14,16H,5-6H2,1-4H3. The second-order valence-corrected chi connectivity index (χ2v) is 3.93. The molecular weight excluding hydrogens is 200 g/mol. The largest absolute Gasteiger partial charge is 0.508 e. The van der Waals surface area contributed by atoms with Crippen molar-refractivity contribution in [1.29, 1.82) is 0 Å². The highest BCUT2D eigenvalue weighted by molar-refractivity contribution is 5.53. The lowest BCUT2D eigenvalue weighted by Gasteiger charge is -2.22. The van der Waals surface area contributed by atoms with Crippen molar-refractivity contribution in [2.45, 2.75) is 26.8 Å². The molecule has 0 bridgehead atoms. The van der Waals surface area contributed by atoms with Gasteiger partial charge in [0.2, 0.25) is 0 Å². The molecule has 1 atom stereocenters. The second kappa shape index (κ2) is 5.75. The highest BCUT2D eigenvalue weighted by Crippen LogP contribution is 2.28. The fourth-order valence-electron chi connectivity index (χ4n) is 1.84. The fourth-order valence-corrected chi connectivity index (χ4v) is 1.84. The maximum Gasteiger partial charge on any atom is 0.122 e. The van der Waals surface area contributed by atoms with Crippen LogP contribution in [0.2, 0.25) is 0 Å². The quantitative estimate of drug-likeness (QED) is 0.803. The average molecular weight is 222 g/mol. The minimum absolute atomic E-state index is 0.172. The summed E-state index contributed by atoms with van der Waals surface area (Å²) in [7, 11) is 1.89. The summed E-state index contributed by atoms with van der Waals surface area (Å²) in [4.78, 5) is 2.22. The number of aromatic hydroxyl groups is 1. The SMILES string of the molecule is CCN(CC)c1ccc(C(C)NC)c(O)c1. The molecule has 0 amide bonds. The zero-order chi connectivity index (χ0) is 12.1. The molecule has 1 aromatic carbocycles. The molecule has 2 N–H and O–H groups in total. The first-order valence-electron chi connectivity index (χ1n) is 5.89. The van der Waals surface area contributed by atoms with Gasteiger partial charge >= 0.3 is 0 Å². The van der Waals surface area contributed by atoms with E-state index in [1.165, 1.54) is 0 Å². The molecule has 90 valence electrons. The molecule has 0 aliphatic carbocycles. The van der Waals surface area contributed by atoms with Gasteiger partial charge in [-0.3, -0.25) is 0 Å². The van der Waals surface area contributed by atoms with Crippen LogP contribution in [0.1, 0.15) is 32.4 Å². The van der Waals surface area contributed by atoms with Crippen molar-refractivity contribution in [3.63, 3.8) is 0 Å². The number of phenolic OH excluding ortho intramolecular Hbond substituents is 1. The first kappa shape index (κ1) is 12.8. The second-order valence-electron chi connectivity index (χ2n) is 3.93. The number of phenols is 1. The summed E-state index contributed by atoms with van der Waals surface area (Å²) in [6.07, 6.45) is 0. The van der Waals surface area contributed by atoms with Crippen molar-refractivity contribution in [2.24, 2.45) is 0 Å². The van der Waals surface area contributed by atoms with Crippen LogP contribution < -0.4 is 10.2 Å². The Labute approximate surface area is 98.1 Å². The van der Waals surface area contributed by atoms with Gasteiger partial charge in [-0.2, -0.15) is 0 Å². The minimum Gasteiger partial charge on any atom is -0.508 e. The highest BCUT2D eigenvalue weighted by Gasteiger charge is 2.10. The summed E-state index contributed by atoms with van der Waals surface area (Å²) in [5.41, 5.74) is 2.02. The van der Waals surface area contributed by atoms with E-state index in [0.717, 1.165) is 24.3 Å². The van der Waals surface area contributed by atoms with Crippen LogP contribution in [0.3, 0.4) is 0 Å². The van der Waals surface area contributed by atoms with Crippen LogP contribution in [0.5, 0.6) is 5.75 Å². The normalized spacial score (nSPS) is 12.5. The van der Waals surface area contributed by atoms with Crippen molar-refractivity contribution < 1.29 is 5.11 Å². The number of hydrogen-bond donors (Lipinski definition) is 2. The molecule has 1 aromatic rings. The summed E-state index contributed by atoms with van der Waals surface area (Å²) in [6, 6.07) is 6.07. The zero-order valence-electron chi connectivity index (χ0n) is 10.6. The van der Waals surface area contributed by atoms with Gasteiger partial charge in [-0.05, 0) is 33.9 Å². The molecule has 0 heterocycles. The summed E-state index contributed by atoms with van der Waals surface area (Å²) in [5.74, 6) is 0.367. The topological polar surface area (TPSA) is 35.5 Å². The predicted octanol–water partition coefficient (Wildman–Crippen LogP) is 2.52. The minimum atomic E-state index is 0.172. The molecule has 0 spiro atoms. The van der Waals surface area contributed by atoms with Gasteiger partial charge in [-0.1, -0.05) is 6.07 Å². The lowest BCUT2D eigenvalue weighted by Crippen LogP contribution is -2.22. The summed E-state index contributed by atoms with van der Waals surface area (Å²) in [5, 5.41) is 13.1. The van der Waals surface area contributed by atoms with Crippen molar-refractivity contribution >= 4 is 5.69 Å². The lowest BCUT2D eigenvalue weighted by molar-refractivity contribution is 0.458. The van der Waals surface area contributed by atoms with E-state index >= 15 is 0 Å². The molecule has 0 aliphatic rings. The predicted molar refractivity (Wildman–Crippen MR) is 69.1 cm³/mol. The number of nitrogens with one attached hydrogen (secondary N) is 1. The molecule has 0 aromatic heterocycles.